The van der Waals surface area contributed by atoms with Crippen LogP contribution in [-0.2, 0) is 66.9 Å². The van der Waals surface area contributed by atoms with Gasteiger partial charge in [0, 0.05) is 14.0 Å². The summed E-state index contributed by atoms with van der Waals surface area (Å²) in [6.07, 6.45) is -16.7. The van der Waals surface area contributed by atoms with Gasteiger partial charge in [-0.25, -0.2) is 0 Å². The van der Waals surface area contributed by atoms with Crippen molar-refractivity contribution in [2.24, 2.45) is 29.4 Å². The van der Waals surface area contributed by atoms with Crippen LogP contribution in [0.3, 0.4) is 0 Å². The molecule has 2 saturated heterocycles. The maximum absolute atomic E-state index is 14.0. The molecule has 31 nitrogen and oxygen atoms in total. The van der Waals surface area contributed by atoms with Gasteiger partial charge in [0.2, 0.25) is 53.2 Å². The predicted octanol–water partition coefficient (Wildman–Crippen LogP) is -6.50. The first kappa shape index (κ1) is 72.4. The summed E-state index contributed by atoms with van der Waals surface area (Å²) in [6, 6.07) is -13.1. The highest BCUT2D eigenvalue weighted by Crippen LogP contribution is 2.30. The molecule has 0 saturated carbocycles. The molecule has 2 aliphatic rings. The molecule has 0 aromatic rings. The number of nitrogens with one attached hydrogen (secondary N) is 8. The minimum absolute atomic E-state index is 0.477. The lowest BCUT2D eigenvalue weighted by Gasteiger charge is -2.48. The first-order valence-corrected chi connectivity index (χ1v) is 27.1. The number of hydrogen-bond donors (Lipinski definition) is 16. The molecule has 0 aliphatic carbocycles. The Hall–Kier alpha value is -5.74. The van der Waals surface area contributed by atoms with Crippen molar-refractivity contribution in [3.05, 3.63) is 0 Å². The van der Waals surface area contributed by atoms with E-state index in [2.05, 4.69) is 42.5 Å². The molecule has 2 heterocycles. The van der Waals surface area contributed by atoms with Crippen LogP contribution in [0, 0.1) is 23.7 Å². The number of rotatable bonds is 29. The molecule has 0 bridgehead atoms. The molecule has 31 heteroatoms. The number of hydrogen-bond acceptors (Lipinski definition) is 21. The maximum Gasteiger partial charge on any atom is 0.325 e. The number of nitrogens with two attached hydrogens (primary N) is 1. The number of likely N-dealkylation sites (N-methyl/N-ethyl adjacent to an activating group) is 1. The Balaban J connectivity index is 2.13. The Morgan fingerprint density at radius 3 is 1.34 bits per heavy atom. The van der Waals surface area contributed by atoms with Crippen LogP contribution in [0.15, 0.2) is 0 Å². The second-order valence-corrected chi connectivity index (χ2v) is 22.2. The topological polar surface area (TPSA) is 475 Å². The van der Waals surface area contributed by atoms with Gasteiger partial charge in [0.25, 0.3) is 0 Å². The van der Waals surface area contributed by atoms with E-state index in [1.807, 2.05) is 0 Å². The monoisotopic (exact) mass is 1180 g/mol. The molecule has 470 valence electrons. The molecule has 0 aromatic carbocycles. The number of carboxylic acids is 1. The Labute approximate surface area is 476 Å². The van der Waals surface area contributed by atoms with E-state index in [0.29, 0.717) is 0 Å². The molecular weight excluding hydrogens is 1090 g/mol. The number of carbonyl (C=O) groups is 10. The third-order valence-corrected chi connectivity index (χ3v) is 14.0. The van der Waals surface area contributed by atoms with Gasteiger partial charge in [-0.05, 0) is 58.3 Å². The third-order valence-electron chi connectivity index (χ3n) is 14.0. The summed E-state index contributed by atoms with van der Waals surface area (Å²) < 4.78 is 23.0. The van der Waals surface area contributed by atoms with Gasteiger partial charge in [-0.3, -0.25) is 47.9 Å². The first-order chi connectivity index (χ1) is 37.9. The molecular formula is C51H90N10O21. The van der Waals surface area contributed by atoms with E-state index in [1.165, 1.54) is 41.7 Å². The Bertz CT molecular complexity index is 2210. The number of nitrogens with zero attached hydrogens (tertiary/aromatic N) is 1. The SMILES string of the molecule is CC(=O)NC1[C@@H](OC(C)[C@H](N)C(=O)NC(C(=O)N(C)[C@@H](C)C(=O)NC(C)C(=O)N[C@@H](C)C(=O)NC(C(=O)N[C@H](C(=O)NC(C(=O)N[C@@H](C)C(=O)O)C(C)C)C(C)C)C(C)C)C(C)C)OC(CO)[C@H](O)[C@@H]1O[C@@H]1OC(CO)[C@H](O)C(O)[C@@H]1O. The molecule has 9 amide bonds. The van der Waals surface area contributed by atoms with Crippen molar-refractivity contribution in [1.82, 2.24) is 47.4 Å². The van der Waals surface area contributed by atoms with Gasteiger partial charge in [-0.2, -0.15) is 0 Å². The van der Waals surface area contributed by atoms with Crippen LogP contribution in [0.2, 0.25) is 0 Å². The molecule has 9 unspecified atom stereocenters. The zero-order valence-corrected chi connectivity index (χ0v) is 49.1. The average molecular weight is 1180 g/mol. The van der Waals surface area contributed by atoms with Gasteiger partial charge < -0.3 is 108 Å². The van der Waals surface area contributed by atoms with Gasteiger partial charge >= 0.3 is 5.97 Å². The van der Waals surface area contributed by atoms with Crippen molar-refractivity contribution >= 4 is 59.1 Å². The van der Waals surface area contributed by atoms with Crippen molar-refractivity contribution in [3.8, 4) is 0 Å². The van der Waals surface area contributed by atoms with Gasteiger partial charge in [0.05, 0.1) is 19.3 Å². The summed E-state index contributed by atoms with van der Waals surface area (Å²) in [7, 11) is 1.28. The van der Waals surface area contributed by atoms with E-state index in [4.69, 9.17) is 24.7 Å². The van der Waals surface area contributed by atoms with Crippen LogP contribution in [0.5, 0.6) is 0 Å². The second-order valence-electron chi connectivity index (χ2n) is 22.2. The fourth-order valence-corrected chi connectivity index (χ4v) is 8.46. The summed E-state index contributed by atoms with van der Waals surface area (Å²) in [4.78, 5) is 133. The molecule has 2 fully saturated rings. The second kappa shape index (κ2) is 32.4. The van der Waals surface area contributed by atoms with E-state index in [1.54, 1.807) is 55.4 Å². The first-order valence-electron chi connectivity index (χ1n) is 27.1. The van der Waals surface area contributed by atoms with Gasteiger partial charge in [0.15, 0.2) is 12.6 Å². The Kier molecular flexibility index (Phi) is 28.6. The molecule has 0 radical (unpaired) electrons. The van der Waals surface area contributed by atoms with E-state index in [-0.39, 0.29) is 0 Å². The van der Waals surface area contributed by atoms with Crippen molar-refractivity contribution in [1.29, 1.82) is 0 Å². The quantitative estimate of drug-likeness (QED) is 0.0331. The van der Waals surface area contributed by atoms with Crippen LogP contribution >= 0.6 is 0 Å². The minimum Gasteiger partial charge on any atom is -0.480 e. The molecule has 0 spiro atoms. The number of aliphatic hydroxyl groups is 6. The lowest BCUT2D eigenvalue weighted by atomic mass is 9.95. The zero-order valence-electron chi connectivity index (χ0n) is 49.1. The predicted molar refractivity (Wildman–Crippen MR) is 286 cm³/mol. The zero-order chi connectivity index (χ0) is 63.1. The number of ether oxygens (including phenoxy) is 4. The largest absolute Gasteiger partial charge is 0.480 e. The summed E-state index contributed by atoms with van der Waals surface area (Å²) in [5.41, 5.74) is 6.34. The standard InChI is InChI=1S/C51H90N10O21/c1-18(2)31(45(73)55-24(11)49(77)78)58-47(75)33(20(5)6)59-46(74)32(19(3)4)57-42(70)23(10)53-41(69)22(9)54-43(71)25(12)61(15)48(76)34(21(7)8)60-44(72)30(52)26(13)79-50-35(56-27(14)64)40(37(66)29(17-63)80-50)82-51-39(68)38(67)36(65)28(16-62)81-51/h18-26,28-40,50-51,62-63,65-68H,16-17,52H2,1-15H3,(H,53,69)(H,54,71)(H,55,73)(H,56,64)(H,57,70)(H,58,75)(H,59,74)(H,60,72)(H,77,78)/t22?,23-,24-,25-,26?,28?,29?,30-,31?,32?,33-,34?,35?,36-,37-,38?,39-,40+,50-,51-/m0/s1. The number of carbonyl (C=O) groups excluding carboxylic acids is 9. The maximum atomic E-state index is 14.0. The van der Waals surface area contributed by atoms with Crippen LogP contribution in [0.4, 0.5) is 0 Å². The fourth-order valence-electron chi connectivity index (χ4n) is 8.46. The van der Waals surface area contributed by atoms with E-state index < -0.39 is 218 Å². The highest BCUT2D eigenvalue weighted by molar-refractivity contribution is 5.98. The van der Waals surface area contributed by atoms with E-state index >= 15 is 0 Å². The van der Waals surface area contributed by atoms with Crippen molar-refractivity contribution in [2.75, 3.05) is 20.3 Å². The summed E-state index contributed by atoms with van der Waals surface area (Å²) in [5.74, 6) is -10.6. The smallest absolute Gasteiger partial charge is 0.325 e. The molecule has 2 rings (SSSR count). The summed E-state index contributed by atoms with van der Waals surface area (Å²) >= 11 is 0. The van der Waals surface area contributed by atoms with Crippen molar-refractivity contribution in [2.45, 2.75) is 219 Å². The summed E-state index contributed by atoms with van der Waals surface area (Å²) in [6.45, 7) is 19.0. The van der Waals surface area contributed by atoms with Crippen LogP contribution in [0.1, 0.15) is 96.9 Å². The molecule has 82 heavy (non-hydrogen) atoms. The van der Waals surface area contributed by atoms with Gasteiger partial charge in [-0.15, -0.1) is 0 Å². The normalized spacial score (nSPS) is 26.5. The van der Waals surface area contributed by atoms with Crippen molar-refractivity contribution < 1.29 is 103 Å². The van der Waals surface area contributed by atoms with Crippen LogP contribution in [-0.4, -0.2) is 242 Å². The molecule has 2 aliphatic heterocycles. The molecule has 0 aromatic heterocycles. The van der Waals surface area contributed by atoms with E-state index in [0.717, 1.165) is 11.8 Å². The van der Waals surface area contributed by atoms with Crippen LogP contribution in [0.25, 0.3) is 0 Å². The Morgan fingerprint density at radius 2 is 0.902 bits per heavy atom. The van der Waals surface area contributed by atoms with Gasteiger partial charge in [0.1, 0.15) is 103 Å². The Morgan fingerprint density at radius 1 is 0.512 bits per heavy atom. The van der Waals surface area contributed by atoms with E-state index in [9.17, 15) is 83.7 Å². The highest BCUT2D eigenvalue weighted by atomic mass is 16.7. The number of amides is 9. The molecule has 17 N–H and O–H groups in total. The molecule has 20 atom stereocenters. The third kappa shape index (κ3) is 19.7. The highest BCUT2D eigenvalue weighted by Gasteiger charge is 2.52. The van der Waals surface area contributed by atoms with Gasteiger partial charge in [-0.1, -0.05) is 55.4 Å². The summed E-state index contributed by atoms with van der Waals surface area (Å²) in [5, 5.41) is 91.5. The lowest BCUT2D eigenvalue weighted by molar-refractivity contribution is -0.347. The minimum atomic E-state index is -1.94. The number of aliphatic hydroxyl groups excluding tert-OH is 6. The number of carboxylic acid groups (broad SMARTS) is 1. The van der Waals surface area contributed by atoms with Crippen LogP contribution < -0.4 is 48.3 Å². The fraction of sp³-hybridized carbons (Fsp3) is 0.804. The average Bonchev–Trinajstić information content (AvgIpc) is 3.39. The lowest BCUT2D eigenvalue weighted by Crippen LogP contribution is -2.68. The number of aliphatic carboxylic acids is 1. The van der Waals surface area contributed by atoms with Crippen molar-refractivity contribution in [3.63, 3.8) is 0 Å².